The number of sulfonamides is 1. The number of hydrogen-bond donors (Lipinski definition) is 2. The Hall–Kier alpha value is -2.20. The lowest BCUT2D eigenvalue weighted by atomic mass is 10.2. The van der Waals surface area contributed by atoms with Crippen LogP contribution in [0.5, 0.6) is 0 Å². The van der Waals surface area contributed by atoms with Gasteiger partial charge in [0.25, 0.3) is 5.91 Å². The number of nitrogens with one attached hydrogen (secondary N) is 2. The fourth-order valence-corrected chi connectivity index (χ4v) is 4.34. The molecule has 0 spiro atoms. The van der Waals surface area contributed by atoms with Crippen molar-refractivity contribution in [1.29, 1.82) is 0 Å². The number of carbonyl (C=O) groups is 1. The van der Waals surface area contributed by atoms with E-state index in [0.29, 0.717) is 17.9 Å². The van der Waals surface area contributed by atoms with Gasteiger partial charge >= 0.3 is 0 Å². The molecule has 8 nitrogen and oxygen atoms in total. The maximum atomic E-state index is 12.3. The third-order valence-electron chi connectivity index (χ3n) is 4.65. The molecule has 3 rings (SSSR count). The normalized spacial score (nSPS) is 20.5. The van der Waals surface area contributed by atoms with E-state index in [1.165, 1.54) is 30.5 Å². The van der Waals surface area contributed by atoms with Gasteiger partial charge in [0.1, 0.15) is 5.76 Å². The molecule has 1 aliphatic rings. The molecule has 2 unspecified atom stereocenters. The van der Waals surface area contributed by atoms with Crippen molar-refractivity contribution in [3.8, 4) is 0 Å². The molecule has 1 saturated heterocycles. The molecule has 1 amide bonds. The Bertz CT molecular complexity index is 887. The third-order valence-corrected chi connectivity index (χ3v) is 6.07. The number of morpholine rings is 1. The van der Waals surface area contributed by atoms with Crippen LogP contribution in [-0.4, -0.2) is 57.6 Å². The minimum Gasteiger partial charge on any atom is -0.468 e. The zero-order valence-corrected chi connectivity index (χ0v) is 17.4. The molecule has 2 atom stereocenters. The fourth-order valence-electron chi connectivity index (χ4n) is 3.34. The predicted molar refractivity (Wildman–Crippen MR) is 108 cm³/mol. The first-order valence-electron chi connectivity index (χ1n) is 9.61. The van der Waals surface area contributed by atoms with Crippen LogP contribution in [0, 0.1) is 0 Å². The molecule has 158 valence electrons. The molecule has 9 heteroatoms. The lowest BCUT2D eigenvalue weighted by Crippen LogP contribution is -2.47. The molecule has 2 aromatic rings. The molecule has 1 aliphatic heterocycles. The summed E-state index contributed by atoms with van der Waals surface area (Å²) in [5, 5.41) is 2.88. The minimum absolute atomic E-state index is 0.0658. The summed E-state index contributed by atoms with van der Waals surface area (Å²) in [5.74, 6) is 0.292. The second kappa shape index (κ2) is 9.53. The van der Waals surface area contributed by atoms with Gasteiger partial charge in [-0.25, -0.2) is 13.1 Å². The van der Waals surface area contributed by atoms with E-state index in [1.54, 1.807) is 12.1 Å². The average Bonchev–Trinajstić information content (AvgIpc) is 3.19. The Morgan fingerprint density at radius 3 is 2.45 bits per heavy atom. The summed E-state index contributed by atoms with van der Waals surface area (Å²) < 4.78 is 38.0. The van der Waals surface area contributed by atoms with Crippen molar-refractivity contribution in [3.05, 3.63) is 54.0 Å². The molecular weight excluding hydrogens is 394 g/mol. The topological polar surface area (TPSA) is 101 Å². The Labute approximate surface area is 171 Å². The van der Waals surface area contributed by atoms with Crippen LogP contribution in [0.3, 0.4) is 0 Å². The highest BCUT2D eigenvalue weighted by Gasteiger charge is 2.22. The van der Waals surface area contributed by atoms with Crippen molar-refractivity contribution in [2.24, 2.45) is 0 Å². The van der Waals surface area contributed by atoms with Gasteiger partial charge in [-0.3, -0.25) is 9.69 Å². The smallest absolute Gasteiger partial charge is 0.251 e. The fraction of sp³-hybridized carbons (Fsp3) is 0.450. The van der Waals surface area contributed by atoms with E-state index in [4.69, 9.17) is 9.15 Å². The molecule has 0 bridgehead atoms. The largest absolute Gasteiger partial charge is 0.468 e. The number of amides is 1. The van der Waals surface area contributed by atoms with E-state index in [1.807, 2.05) is 13.8 Å². The van der Waals surface area contributed by atoms with Gasteiger partial charge in [-0.05, 0) is 50.2 Å². The van der Waals surface area contributed by atoms with Gasteiger partial charge in [0.05, 0.1) is 29.9 Å². The number of furan rings is 1. The SMILES string of the molecule is CC1CN(CCNC(=O)c2ccc(S(=O)(=O)NCc3ccco3)cc2)CC(C)O1. The Morgan fingerprint density at radius 2 is 1.83 bits per heavy atom. The number of nitrogens with zero attached hydrogens (tertiary/aromatic N) is 1. The highest BCUT2D eigenvalue weighted by molar-refractivity contribution is 7.89. The maximum absolute atomic E-state index is 12.3. The number of hydrogen-bond acceptors (Lipinski definition) is 6. The van der Waals surface area contributed by atoms with E-state index in [0.717, 1.165) is 19.6 Å². The van der Waals surface area contributed by atoms with E-state index >= 15 is 0 Å². The molecule has 0 saturated carbocycles. The molecule has 1 aromatic carbocycles. The highest BCUT2D eigenvalue weighted by Crippen LogP contribution is 2.12. The Morgan fingerprint density at radius 1 is 1.14 bits per heavy atom. The zero-order valence-electron chi connectivity index (χ0n) is 16.6. The van der Waals surface area contributed by atoms with Crippen molar-refractivity contribution in [2.75, 3.05) is 26.2 Å². The third kappa shape index (κ3) is 6.14. The molecule has 0 radical (unpaired) electrons. The minimum atomic E-state index is -3.68. The molecule has 0 aliphatic carbocycles. The standard InChI is InChI=1S/C20H27N3O5S/c1-15-13-23(14-16(2)28-15)10-9-21-20(24)17-5-7-19(8-6-17)29(25,26)22-12-18-4-3-11-27-18/h3-8,11,15-16,22H,9-10,12-14H2,1-2H3,(H,21,24). The van der Waals surface area contributed by atoms with E-state index in [-0.39, 0.29) is 29.6 Å². The van der Waals surface area contributed by atoms with Crippen LogP contribution in [0.4, 0.5) is 0 Å². The van der Waals surface area contributed by atoms with Crippen LogP contribution in [0.25, 0.3) is 0 Å². The zero-order chi connectivity index (χ0) is 20.9. The lowest BCUT2D eigenvalue weighted by molar-refractivity contribution is -0.0672. The van der Waals surface area contributed by atoms with Gasteiger partial charge < -0.3 is 14.5 Å². The maximum Gasteiger partial charge on any atom is 0.251 e. The summed E-state index contributed by atoms with van der Waals surface area (Å²) in [5.41, 5.74) is 0.415. The highest BCUT2D eigenvalue weighted by atomic mass is 32.2. The summed E-state index contributed by atoms with van der Waals surface area (Å²) in [4.78, 5) is 14.7. The number of rotatable bonds is 8. The van der Waals surface area contributed by atoms with Crippen LogP contribution < -0.4 is 10.0 Å². The molecule has 29 heavy (non-hydrogen) atoms. The van der Waals surface area contributed by atoms with Gasteiger partial charge in [0, 0.05) is 31.7 Å². The number of ether oxygens (including phenoxy) is 1. The lowest BCUT2D eigenvalue weighted by Gasteiger charge is -2.35. The van der Waals surface area contributed by atoms with Crippen molar-refractivity contribution in [2.45, 2.75) is 37.5 Å². The van der Waals surface area contributed by atoms with E-state index < -0.39 is 10.0 Å². The first-order chi connectivity index (χ1) is 13.8. The van der Waals surface area contributed by atoms with Gasteiger partial charge in [-0.2, -0.15) is 0 Å². The molecule has 1 aromatic heterocycles. The van der Waals surface area contributed by atoms with Crippen molar-refractivity contribution in [1.82, 2.24) is 14.9 Å². The van der Waals surface area contributed by atoms with Gasteiger partial charge in [-0.15, -0.1) is 0 Å². The van der Waals surface area contributed by atoms with Crippen LogP contribution in [0.1, 0.15) is 30.0 Å². The van der Waals surface area contributed by atoms with Crippen molar-refractivity contribution >= 4 is 15.9 Å². The summed E-state index contributed by atoms with van der Waals surface area (Å²) in [6, 6.07) is 9.24. The molecular formula is C20H27N3O5S. The van der Waals surface area contributed by atoms with Crippen LogP contribution in [0.15, 0.2) is 52.0 Å². The van der Waals surface area contributed by atoms with Crippen LogP contribution in [0.2, 0.25) is 0 Å². The number of benzene rings is 1. The van der Waals surface area contributed by atoms with Gasteiger partial charge in [-0.1, -0.05) is 0 Å². The summed E-state index contributed by atoms with van der Waals surface area (Å²) in [6.07, 6.45) is 1.85. The van der Waals surface area contributed by atoms with Crippen LogP contribution >= 0.6 is 0 Å². The quantitative estimate of drug-likeness (QED) is 0.671. The average molecular weight is 422 g/mol. The second-order valence-electron chi connectivity index (χ2n) is 7.20. The first-order valence-corrected chi connectivity index (χ1v) is 11.1. The molecule has 2 heterocycles. The van der Waals surface area contributed by atoms with E-state index in [2.05, 4.69) is 14.9 Å². The van der Waals surface area contributed by atoms with Crippen molar-refractivity contribution in [3.63, 3.8) is 0 Å². The van der Waals surface area contributed by atoms with E-state index in [9.17, 15) is 13.2 Å². The van der Waals surface area contributed by atoms with Gasteiger partial charge in [0.15, 0.2) is 0 Å². The molecule has 1 fully saturated rings. The monoisotopic (exact) mass is 421 g/mol. The number of carbonyl (C=O) groups excluding carboxylic acids is 1. The van der Waals surface area contributed by atoms with Crippen LogP contribution in [-0.2, 0) is 21.3 Å². The Kier molecular flexibility index (Phi) is 7.07. The van der Waals surface area contributed by atoms with Crippen molar-refractivity contribution < 1.29 is 22.4 Å². The first kappa shape index (κ1) is 21.5. The Balaban J connectivity index is 1.49. The summed E-state index contributed by atoms with van der Waals surface area (Å²) >= 11 is 0. The predicted octanol–water partition coefficient (Wildman–Crippen LogP) is 1.60. The summed E-state index contributed by atoms with van der Waals surface area (Å²) in [6.45, 7) is 7.10. The van der Waals surface area contributed by atoms with Gasteiger partial charge in [0.2, 0.25) is 10.0 Å². The second-order valence-corrected chi connectivity index (χ2v) is 8.97. The summed E-state index contributed by atoms with van der Waals surface area (Å²) in [7, 11) is -3.68. The molecule has 2 N–H and O–H groups in total.